The Morgan fingerprint density at radius 1 is 1.19 bits per heavy atom. The van der Waals surface area contributed by atoms with Gasteiger partial charge in [0.15, 0.2) is 0 Å². The summed E-state index contributed by atoms with van der Waals surface area (Å²) in [6.07, 6.45) is -4.59. The van der Waals surface area contributed by atoms with Crippen molar-refractivity contribution in [2.75, 3.05) is 0 Å². The molecule has 0 aliphatic carbocycles. The summed E-state index contributed by atoms with van der Waals surface area (Å²) in [5.74, 6) is -3.85. The summed E-state index contributed by atoms with van der Waals surface area (Å²) in [4.78, 5) is 3.47. The first-order valence-electron chi connectivity index (χ1n) is 5.24. The molecule has 21 heavy (non-hydrogen) atoms. The van der Waals surface area contributed by atoms with Crippen molar-refractivity contribution in [3.63, 3.8) is 0 Å². The summed E-state index contributed by atoms with van der Waals surface area (Å²) >= 11 is 11.1. The molecule has 1 heterocycles. The van der Waals surface area contributed by atoms with Crippen LogP contribution in [-0.4, -0.2) is 17.4 Å². The molecule has 10 heteroatoms. The van der Waals surface area contributed by atoms with Crippen LogP contribution < -0.4 is 5.73 Å². The molecule has 0 aliphatic heterocycles. The van der Waals surface area contributed by atoms with Crippen molar-refractivity contribution in [1.82, 2.24) is 4.98 Å². The Kier molecular flexibility index (Phi) is 5.16. The van der Waals surface area contributed by atoms with Gasteiger partial charge in [-0.2, -0.15) is 13.2 Å². The number of aromatic nitrogens is 1. The first-order valence-corrected chi connectivity index (χ1v) is 6.00. The normalized spacial score (nSPS) is 13.9. The van der Waals surface area contributed by atoms with Crippen LogP contribution in [0.4, 0.5) is 22.0 Å². The number of hydrogen-bond donors (Lipinski definition) is 2. The average Bonchev–Trinajstić information content (AvgIpc) is 2.33. The van der Waals surface area contributed by atoms with Crippen LogP contribution >= 0.6 is 23.2 Å². The Balaban J connectivity index is 3.30. The van der Waals surface area contributed by atoms with Gasteiger partial charge in [0.2, 0.25) is 0 Å². The van der Waals surface area contributed by atoms with E-state index in [2.05, 4.69) is 4.98 Å². The molecule has 0 saturated heterocycles. The lowest BCUT2D eigenvalue weighted by atomic mass is 10.00. The molecule has 0 amide bonds. The number of halogens is 7. The van der Waals surface area contributed by atoms with E-state index in [9.17, 15) is 22.0 Å². The van der Waals surface area contributed by atoms with E-state index in [1.807, 2.05) is 0 Å². The second-order valence-corrected chi connectivity index (χ2v) is 4.75. The van der Waals surface area contributed by atoms with Crippen molar-refractivity contribution in [2.24, 2.45) is 5.73 Å². The second kappa shape index (κ2) is 6.15. The molecule has 0 fully saturated rings. The summed E-state index contributed by atoms with van der Waals surface area (Å²) < 4.78 is 65.5. The third-order valence-electron chi connectivity index (χ3n) is 2.46. The number of pyridine rings is 1. The van der Waals surface area contributed by atoms with Crippen LogP contribution in [0.5, 0.6) is 0 Å². The van der Waals surface area contributed by atoms with Gasteiger partial charge in [0, 0.05) is 30.6 Å². The maximum Gasteiger partial charge on any atom is 0.431 e. The van der Waals surface area contributed by atoms with Gasteiger partial charge in [-0.3, -0.25) is 4.98 Å². The number of alkyl halides is 5. The summed E-state index contributed by atoms with van der Waals surface area (Å²) in [6, 6.07) is 0. The molecule has 0 radical (unpaired) electrons. The quantitative estimate of drug-likeness (QED) is 0.630. The fourth-order valence-corrected chi connectivity index (χ4v) is 2.14. The van der Waals surface area contributed by atoms with E-state index < -0.39 is 45.4 Å². The smallest absolute Gasteiger partial charge is 0.394 e. The van der Waals surface area contributed by atoms with Gasteiger partial charge in [-0.15, -0.1) is 0 Å². The van der Waals surface area contributed by atoms with E-state index in [0.29, 0.717) is 0 Å². The summed E-state index contributed by atoms with van der Waals surface area (Å²) in [6.45, 7) is 0. The topological polar surface area (TPSA) is 62.8 Å². The molecule has 1 aromatic rings. The largest absolute Gasteiger partial charge is 0.431 e. The van der Waals surface area contributed by atoms with Crippen LogP contribution in [0, 0.1) is 5.41 Å². The first kappa shape index (κ1) is 17.6. The van der Waals surface area contributed by atoms with Crippen LogP contribution in [0.25, 0.3) is 0 Å². The van der Waals surface area contributed by atoms with Crippen molar-refractivity contribution >= 4 is 29.4 Å². The van der Waals surface area contributed by atoms with Gasteiger partial charge in [-0.25, -0.2) is 8.78 Å². The molecule has 0 aromatic carbocycles. The van der Waals surface area contributed by atoms with Gasteiger partial charge in [0.25, 0.3) is 5.92 Å². The number of nitrogens with one attached hydrogen (secondary N) is 1. The first-order chi connectivity index (χ1) is 9.50. The molecule has 1 rings (SSSR count). The second-order valence-electron chi connectivity index (χ2n) is 3.94. The van der Waals surface area contributed by atoms with Gasteiger partial charge < -0.3 is 11.1 Å². The van der Waals surface area contributed by atoms with Crippen molar-refractivity contribution < 1.29 is 22.0 Å². The lowest BCUT2D eigenvalue weighted by Crippen LogP contribution is -2.25. The summed E-state index contributed by atoms with van der Waals surface area (Å²) in [5.41, 5.74) is 1.05. The molecule has 0 saturated carbocycles. The fraction of sp³-hybridized carbons (Fsp3) is 0.273. The third kappa shape index (κ3) is 4.04. The highest BCUT2D eigenvalue weighted by atomic mass is 35.5. The lowest BCUT2D eigenvalue weighted by Gasteiger charge is -2.20. The zero-order valence-electron chi connectivity index (χ0n) is 10.1. The zero-order chi connectivity index (χ0) is 16.4. The number of nitrogens with two attached hydrogens (primary N) is 1. The molecular weight excluding hydrogens is 340 g/mol. The van der Waals surface area contributed by atoms with Crippen LogP contribution in [0.2, 0.25) is 10.0 Å². The van der Waals surface area contributed by atoms with Crippen molar-refractivity contribution in [3.05, 3.63) is 39.3 Å². The van der Waals surface area contributed by atoms with Crippen LogP contribution in [0.1, 0.15) is 12.0 Å². The van der Waals surface area contributed by atoms with Crippen LogP contribution in [0.15, 0.2) is 23.7 Å². The van der Waals surface area contributed by atoms with Gasteiger partial charge >= 0.3 is 6.18 Å². The third-order valence-corrected chi connectivity index (χ3v) is 3.03. The van der Waals surface area contributed by atoms with Crippen molar-refractivity contribution in [3.8, 4) is 0 Å². The number of allylic oxidation sites excluding steroid dienone is 2. The average molecular weight is 348 g/mol. The predicted octanol–water partition coefficient (Wildman–Crippen LogP) is 4.29. The monoisotopic (exact) mass is 347 g/mol. The van der Waals surface area contributed by atoms with Gasteiger partial charge in [-0.05, 0) is 0 Å². The zero-order valence-corrected chi connectivity index (χ0v) is 11.6. The summed E-state index contributed by atoms with van der Waals surface area (Å²) in [7, 11) is 0. The van der Waals surface area contributed by atoms with Crippen LogP contribution in [0.3, 0.4) is 0 Å². The molecular formula is C11H8Cl2F5N3. The van der Waals surface area contributed by atoms with E-state index >= 15 is 0 Å². The Bertz CT molecular complexity index is 563. The molecule has 1 aromatic heterocycles. The Labute approximate surface area is 126 Å². The van der Waals surface area contributed by atoms with E-state index in [1.54, 1.807) is 0 Å². The molecule has 0 spiro atoms. The van der Waals surface area contributed by atoms with E-state index in [4.69, 9.17) is 34.3 Å². The Morgan fingerprint density at radius 2 is 1.67 bits per heavy atom. The number of rotatable bonds is 4. The minimum Gasteiger partial charge on any atom is -0.394 e. The maximum absolute atomic E-state index is 14.1. The summed E-state index contributed by atoms with van der Waals surface area (Å²) in [5, 5.41) is 5.85. The lowest BCUT2D eigenvalue weighted by molar-refractivity contribution is -0.0940. The molecule has 0 bridgehead atoms. The molecule has 0 aliphatic rings. The van der Waals surface area contributed by atoms with Crippen molar-refractivity contribution in [2.45, 2.75) is 18.5 Å². The highest BCUT2D eigenvalue weighted by Gasteiger charge is 2.41. The molecule has 3 N–H and O–H groups in total. The number of nitrogens with zero attached hydrogens (tertiary/aromatic N) is 1. The molecule has 0 unspecified atom stereocenters. The molecule has 3 nitrogen and oxygen atoms in total. The minimum atomic E-state index is -5.02. The predicted molar refractivity (Wildman–Crippen MR) is 68.8 cm³/mol. The standard InChI is InChI=1S/C11H8Cl2F5N3/c12-6-3-21-4-7(13)8(6)10(14,15)1-5(2-19)9(20)11(16,17)18/h2-4,19H,1,20H2/b9-5-,19-2?. The minimum absolute atomic E-state index is 0.125. The van der Waals surface area contributed by atoms with Crippen LogP contribution in [-0.2, 0) is 5.92 Å². The van der Waals surface area contributed by atoms with Gasteiger partial charge in [0.05, 0.1) is 15.6 Å². The molecule has 116 valence electrons. The van der Waals surface area contributed by atoms with Gasteiger partial charge in [0.1, 0.15) is 5.70 Å². The van der Waals surface area contributed by atoms with Gasteiger partial charge in [-0.1, -0.05) is 23.2 Å². The maximum atomic E-state index is 14.1. The Hall–Kier alpha value is -1.41. The SMILES string of the molecule is N=C/C(CC(F)(F)c1c(Cl)cncc1Cl)=C(\N)C(F)(F)F. The highest BCUT2D eigenvalue weighted by Crippen LogP contribution is 2.42. The van der Waals surface area contributed by atoms with E-state index in [-0.39, 0.29) is 6.21 Å². The Morgan fingerprint density at radius 3 is 2.05 bits per heavy atom. The van der Waals surface area contributed by atoms with E-state index in [0.717, 1.165) is 12.4 Å². The highest BCUT2D eigenvalue weighted by molar-refractivity contribution is 6.35. The van der Waals surface area contributed by atoms with Crippen molar-refractivity contribution in [1.29, 1.82) is 5.41 Å². The number of hydrogen-bond acceptors (Lipinski definition) is 3. The fourth-order valence-electron chi connectivity index (χ4n) is 1.49. The molecule has 0 atom stereocenters. The van der Waals surface area contributed by atoms with E-state index in [1.165, 1.54) is 0 Å².